The summed E-state index contributed by atoms with van der Waals surface area (Å²) in [4.78, 5) is 15.0. The molecule has 2 heterocycles. The molecule has 0 aliphatic carbocycles. The molecule has 3 rings (SSSR count). The lowest BCUT2D eigenvalue weighted by molar-refractivity contribution is -0.131. The van der Waals surface area contributed by atoms with Gasteiger partial charge in [0.25, 0.3) is 10.0 Å². The van der Waals surface area contributed by atoms with Gasteiger partial charge in [0.15, 0.2) is 0 Å². The van der Waals surface area contributed by atoms with Gasteiger partial charge in [-0.15, -0.1) is 23.1 Å². The van der Waals surface area contributed by atoms with Crippen LogP contribution < -0.4 is 0 Å². The fourth-order valence-electron chi connectivity index (χ4n) is 2.66. The number of rotatable bonds is 6. The van der Waals surface area contributed by atoms with E-state index < -0.39 is 10.0 Å². The second kappa shape index (κ2) is 8.51. The van der Waals surface area contributed by atoms with Crippen LogP contribution in [-0.2, 0) is 14.8 Å². The van der Waals surface area contributed by atoms with Crippen molar-refractivity contribution in [3.8, 4) is 0 Å². The third-order valence-electron chi connectivity index (χ3n) is 4.08. The Morgan fingerprint density at radius 1 is 1.12 bits per heavy atom. The SMILES string of the molecule is O=C(CCSc1ccc(F)cc1)N1CCN(S(=O)(=O)c2cccs2)CC1. The Hall–Kier alpha value is -1.42. The number of benzene rings is 1. The van der Waals surface area contributed by atoms with Crippen LogP contribution in [0.2, 0.25) is 0 Å². The molecule has 5 nitrogen and oxygen atoms in total. The lowest BCUT2D eigenvalue weighted by Crippen LogP contribution is -2.50. The second-order valence-corrected chi connectivity index (χ2v) is 10.1. The highest BCUT2D eigenvalue weighted by Gasteiger charge is 2.30. The topological polar surface area (TPSA) is 57.7 Å². The fraction of sp³-hybridized carbons (Fsp3) is 0.353. The van der Waals surface area contributed by atoms with Gasteiger partial charge in [-0.05, 0) is 35.7 Å². The molecule has 0 unspecified atom stereocenters. The lowest BCUT2D eigenvalue weighted by atomic mass is 10.3. The van der Waals surface area contributed by atoms with Gasteiger partial charge in [-0.25, -0.2) is 12.8 Å². The van der Waals surface area contributed by atoms with Gasteiger partial charge in [0.05, 0.1) is 0 Å². The number of hydrogen-bond acceptors (Lipinski definition) is 5. The summed E-state index contributed by atoms with van der Waals surface area (Å²) in [7, 11) is -3.45. The van der Waals surface area contributed by atoms with Crippen molar-refractivity contribution >= 4 is 39.0 Å². The van der Waals surface area contributed by atoms with E-state index in [-0.39, 0.29) is 11.7 Å². The number of carbonyl (C=O) groups excluding carboxylic acids is 1. The molecule has 1 amide bonds. The number of thiophene rings is 1. The van der Waals surface area contributed by atoms with Crippen LogP contribution in [0.3, 0.4) is 0 Å². The highest BCUT2D eigenvalue weighted by molar-refractivity contribution is 7.99. The predicted octanol–water partition coefficient (Wildman–Crippen LogP) is 2.90. The average molecular weight is 415 g/mol. The van der Waals surface area contributed by atoms with Crippen LogP contribution in [0, 0.1) is 5.82 Å². The largest absolute Gasteiger partial charge is 0.340 e. The van der Waals surface area contributed by atoms with Crippen molar-refractivity contribution in [2.24, 2.45) is 0 Å². The molecule has 1 aromatic heterocycles. The zero-order valence-electron chi connectivity index (χ0n) is 14.0. The van der Waals surface area contributed by atoms with E-state index in [1.165, 1.54) is 39.5 Å². The Labute approximate surface area is 160 Å². The van der Waals surface area contributed by atoms with Crippen LogP contribution in [0.5, 0.6) is 0 Å². The molecule has 1 aliphatic heterocycles. The molecule has 0 saturated carbocycles. The molecule has 1 saturated heterocycles. The summed E-state index contributed by atoms with van der Waals surface area (Å²) in [6.45, 7) is 1.45. The number of amides is 1. The molecule has 1 aliphatic rings. The Kier molecular flexibility index (Phi) is 6.33. The summed E-state index contributed by atoms with van der Waals surface area (Å²) in [5.74, 6) is 0.353. The van der Waals surface area contributed by atoms with E-state index in [0.29, 0.717) is 42.6 Å². The normalized spacial score (nSPS) is 16.0. The molecule has 26 heavy (non-hydrogen) atoms. The van der Waals surface area contributed by atoms with E-state index in [1.54, 1.807) is 34.5 Å². The molecule has 0 atom stereocenters. The molecule has 9 heteroatoms. The van der Waals surface area contributed by atoms with Gasteiger partial charge in [-0.1, -0.05) is 6.07 Å². The Bertz CT molecular complexity index is 831. The molecule has 2 aromatic rings. The molecule has 1 fully saturated rings. The molecular formula is C17H19FN2O3S3. The van der Waals surface area contributed by atoms with Gasteiger partial charge in [-0.2, -0.15) is 4.31 Å². The first-order chi connectivity index (χ1) is 12.5. The summed E-state index contributed by atoms with van der Waals surface area (Å²) in [6, 6.07) is 9.51. The van der Waals surface area contributed by atoms with Gasteiger partial charge in [0, 0.05) is 43.2 Å². The van der Waals surface area contributed by atoms with E-state index in [1.807, 2.05) is 0 Å². The van der Waals surface area contributed by atoms with Crippen molar-refractivity contribution in [1.29, 1.82) is 0 Å². The lowest BCUT2D eigenvalue weighted by Gasteiger charge is -2.33. The van der Waals surface area contributed by atoms with Gasteiger partial charge in [0.1, 0.15) is 10.0 Å². The summed E-state index contributed by atoms with van der Waals surface area (Å²) in [5, 5.41) is 1.74. The number of hydrogen-bond donors (Lipinski definition) is 0. The van der Waals surface area contributed by atoms with Crippen molar-refractivity contribution in [1.82, 2.24) is 9.21 Å². The maximum absolute atomic E-state index is 12.9. The standard InChI is InChI=1S/C17H19FN2O3S3/c18-14-3-5-15(6-4-14)24-13-7-16(21)19-8-10-20(11-9-19)26(22,23)17-2-1-12-25-17/h1-6,12H,7-11,13H2. The number of piperazine rings is 1. The van der Waals surface area contributed by atoms with Crippen molar-refractivity contribution in [2.75, 3.05) is 31.9 Å². The van der Waals surface area contributed by atoms with Gasteiger partial charge in [0.2, 0.25) is 5.91 Å². The van der Waals surface area contributed by atoms with E-state index in [0.717, 1.165) is 4.90 Å². The first kappa shape index (κ1) is 19.3. The minimum absolute atomic E-state index is 0.0211. The molecule has 0 bridgehead atoms. The van der Waals surface area contributed by atoms with E-state index >= 15 is 0 Å². The number of halogens is 1. The molecule has 1 aromatic carbocycles. The minimum Gasteiger partial charge on any atom is -0.340 e. The van der Waals surface area contributed by atoms with Crippen molar-refractivity contribution < 1.29 is 17.6 Å². The number of nitrogens with zero attached hydrogens (tertiary/aromatic N) is 2. The summed E-state index contributed by atoms with van der Waals surface area (Å²) >= 11 is 2.71. The van der Waals surface area contributed by atoms with Crippen LogP contribution in [0.15, 0.2) is 50.9 Å². The molecule has 0 radical (unpaired) electrons. The zero-order chi connectivity index (χ0) is 18.6. The first-order valence-electron chi connectivity index (χ1n) is 8.16. The summed E-state index contributed by atoms with van der Waals surface area (Å²) < 4.78 is 39.6. The molecular weight excluding hydrogens is 395 g/mol. The van der Waals surface area contributed by atoms with Crippen molar-refractivity contribution in [3.63, 3.8) is 0 Å². The van der Waals surface area contributed by atoms with E-state index in [4.69, 9.17) is 0 Å². The number of sulfonamides is 1. The molecule has 0 spiro atoms. The van der Waals surface area contributed by atoms with Gasteiger partial charge in [-0.3, -0.25) is 4.79 Å². The second-order valence-electron chi connectivity index (χ2n) is 5.77. The monoisotopic (exact) mass is 414 g/mol. The molecule has 140 valence electrons. The smallest absolute Gasteiger partial charge is 0.252 e. The van der Waals surface area contributed by atoms with Crippen molar-refractivity contribution in [2.45, 2.75) is 15.5 Å². The third kappa shape index (κ3) is 4.64. The van der Waals surface area contributed by atoms with Crippen LogP contribution in [-0.4, -0.2) is 55.5 Å². The zero-order valence-corrected chi connectivity index (χ0v) is 16.5. The highest BCUT2D eigenvalue weighted by Crippen LogP contribution is 2.23. The summed E-state index contributed by atoms with van der Waals surface area (Å²) in [5.41, 5.74) is 0. The summed E-state index contributed by atoms with van der Waals surface area (Å²) in [6.07, 6.45) is 0.375. The average Bonchev–Trinajstić information content (AvgIpc) is 3.19. The number of carbonyl (C=O) groups is 1. The maximum atomic E-state index is 12.9. The quantitative estimate of drug-likeness (QED) is 0.682. The predicted molar refractivity (Wildman–Crippen MR) is 101 cm³/mol. The van der Waals surface area contributed by atoms with Gasteiger partial charge < -0.3 is 4.90 Å². The Balaban J connectivity index is 1.45. The van der Waals surface area contributed by atoms with Crippen molar-refractivity contribution in [3.05, 3.63) is 47.6 Å². The van der Waals surface area contributed by atoms with E-state index in [9.17, 15) is 17.6 Å². The third-order valence-corrected chi connectivity index (χ3v) is 8.36. The minimum atomic E-state index is -3.45. The Morgan fingerprint density at radius 3 is 2.42 bits per heavy atom. The van der Waals surface area contributed by atoms with Crippen LogP contribution in [0.1, 0.15) is 6.42 Å². The molecule has 0 N–H and O–H groups in total. The van der Waals surface area contributed by atoms with E-state index in [2.05, 4.69) is 0 Å². The highest BCUT2D eigenvalue weighted by atomic mass is 32.2. The first-order valence-corrected chi connectivity index (χ1v) is 11.5. The number of thioether (sulfide) groups is 1. The fourth-order valence-corrected chi connectivity index (χ4v) is 6.07. The Morgan fingerprint density at radius 2 is 1.81 bits per heavy atom. The van der Waals surface area contributed by atoms with Gasteiger partial charge >= 0.3 is 0 Å². The van der Waals surface area contributed by atoms with Crippen LogP contribution in [0.25, 0.3) is 0 Å². The van der Waals surface area contributed by atoms with Crippen LogP contribution >= 0.6 is 23.1 Å². The maximum Gasteiger partial charge on any atom is 0.252 e. The van der Waals surface area contributed by atoms with Crippen LogP contribution in [0.4, 0.5) is 4.39 Å².